The minimum atomic E-state index is 0.197. The lowest BCUT2D eigenvalue weighted by Gasteiger charge is -2.23. The quantitative estimate of drug-likeness (QED) is 0.802. The Morgan fingerprint density at radius 2 is 2.24 bits per heavy atom. The molecule has 1 aromatic rings. The van der Waals surface area contributed by atoms with Gasteiger partial charge in [0, 0.05) is 17.5 Å². The number of nitrogens with two attached hydrogens (primary N) is 1. The van der Waals surface area contributed by atoms with Gasteiger partial charge in [-0.1, -0.05) is 13.8 Å². The van der Waals surface area contributed by atoms with E-state index >= 15 is 0 Å². The summed E-state index contributed by atoms with van der Waals surface area (Å²) in [4.78, 5) is 1.40. The highest BCUT2D eigenvalue weighted by Crippen LogP contribution is 2.38. The molecule has 0 saturated carbocycles. The standard InChI is InChI=1S/C13H23NOS2/c1-4-11(14)13(17-8-9(2)7-15)12-10(3)5-6-16-12/h5-6,9,11,13,15H,4,7-8,14H2,1-3H3. The summed E-state index contributed by atoms with van der Waals surface area (Å²) in [6.07, 6.45) is 0.989. The Morgan fingerprint density at radius 3 is 2.71 bits per heavy atom. The zero-order valence-electron chi connectivity index (χ0n) is 10.8. The van der Waals surface area contributed by atoms with Gasteiger partial charge in [-0.2, -0.15) is 11.8 Å². The molecule has 0 fully saturated rings. The summed E-state index contributed by atoms with van der Waals surface area (Å²) in [5.74, 6) is 1.30. The smallest absolute Gasteiger partial charge is 0.0544 e. The van der Waals surface area contributed by atoms with Crippen LogP contribution in [0.1, 0.15) is 36.0 Å². The molecule has 0 radical (unpaired) electrons. The molecule has 1 aromatic heterocycles. The van der Waals surface area contributed by atoms with E-state index in [4.69, 9.17) is 10.8 Å². The highest BCUT2D eigenvalue weighted by Gasteiger charge is 2.22. The number of aliphatic hydroxyl groups excluding tert-OH is 1. The summed E-state index contributed by atoms with van der Waals surface area (Å²) >= 11 is 3.68. The number of aliphatic hydroxyl groups is 1. The summed E-state index contributed by atoms with van der Waals surface area (Å²) in [7, 11) is 0. The van der Waals surface area contributed by atoms with Crippen LogP contribution in [0.5, 0.6) is 0 Å². The van der Waals surface area contributed by atoms with E-state index in [2.05, 4.69) is 32.2 Å². The second-order valence-electron chi connectivity index (χ2n) is 4.58. The lowest BCUT2D eigenvalue weighted by Crippen LogP contribution is -2.26. The minimum absolute atomic E-state index is 0.197. The van der Waals surface area contributed by atoms with Gasteiger partial charge in [0.15, 0.2) is 0 Å². The van der Waals surface area contributed by atoms with Crippen molar-refractivity contribution < 1.29 is 5.11 Å². The number of thiophene rings is 1. The van der Waals surface area contributed by atoms with Crippen LogP contribution >= 0.6 is 23.1 Å². The fourth-order valence-corrected chi connectivity index (χ4v) is 4.37. The molecule has 0 aliphatic rings. The van der Waals surface area contributed by atoms with Gasteiger partial charge in [-0.15, -0.1) is 11.3 Å². The van der Waals surface area contributed by atoms with E-state index in [0.29, 0.717) is 11.2 Å². The van der Waals surface area contributed by atoms with Gasteiger partial charge < -0.3 is 10.8 Å². The van der Waals surface area contributed by atoms with Crippen LogP contribution in [0, 0.1) is 12.8 Å². The van der Waals surface area contributed by atoms with Crippen molar-refractivity contribution in [2.45, 2.75) is 38.5 Å². The third kappa shape index (κ3) is 4.28. The largest absolute Gasteiger partial charge is 0.396 e. The molecule has 98 valence electrons. The van der Waals surface area contributed by atoms with E-state index in [0.717, 1.165) is 12.2 Å². The van der Waals surface area contributed by atoms with Crippen molar-refractivity contribution in [3.63, 3.8) is 0 Å². The van der Waals surface area contributed by atoms with Gasteiger partial charge in [0.1, 0.15) is 0 Å². The maximum atomic E-state index is 9.09. The van der Waals surface area contributed by atoms with E-state index < -0.39 is 0 Å². The molecule has 0 spiro atoms. The Hall–Kier alpha value is -0.0300. The first-order valence-electron chi connectivity index (χ1n) is 6.12. The highest BCUT2D eigenvalue weighted by molar-refractivity contribution is 7.99. The SMILES string of the molecule is CCC(N)C(SCC(C)CO)c1sccc1C. The van der Waals surface area contributed by atoms with Gasteiger partial charge in [-0.05, 0) is 42.0 Å². The van der Waals surface area contributed by atoms with Crippen molar-refractivity contribution in [3.05, 3.63) is 21.9 Å². The maximum absolute atomic E-state index is 9.09. The van der Waals surface area contributed by atoms with Crippen LogP contribution in [0.3, 0.4) is 0 Å². The van der Waals surface area contributed by atoms with Crippen LogP contribution < -0.4 is 5.73 Å². The van der Waals surface area contributed by atoms with E-state index in [1.165, 1.54) is 10.4 Å². The Morgan fingerprint density at radius 1 is 1.53 bits per heavy atom. The zero-order chi connectivity index (χ0) is 12.8. The van der Waals surface area contributed by atoms with Crippen molar-refractivity contribution in [2.75, 3.05) is 12.4 Å². The number of aryl methyl sites for hydroxylation is 1. The van der Waals surface area contributed by atoms with Gasteiger partial charge in [0.25, 0.3) is 0 Å². The molecule has 2 nitrogen and oxygen atoms in total. The van der Waals surface area contributed by atoms with Crippen molar-refractivity contribution >= 4 is 23.1 Å². The van der Waals surface area contributed by atoms with Gasteiger partial charge in [-0.25, -0.2) is 0 Å². The summed E-state index contributed by atoms with van der Waals surface area (Å²) < 4.78 is 0. The molecule has 3 unspecified atom stereocenters. The average molecular weight is 273 g/mol. The highest BCUT2D eigenvalue weighted by atomic mass is 32.2. The van der Waals surface area contributed by atoms with Crippen LogP contribution in [0.15, 0.2) is 11.4 Å². The van der Waals surface area contributed by atoms with E-state index in [9.17, 15) is 0 Å². The molecular weight excluding hydrogens is 250 g/mol. The van der Waals surface area contributed by atoms with Gasteiger partial charge in [0.2, 0.25) is 0 Å². The predicted octanol–water partition coefficient (Wildman–Crippen LogP) is 3.20. The number of rotatable bonds is 7. The van der Waals surface area contributed by atoms with Crippen molar-refractivity contribution in [3.8, 4) is 0 Å². The third-order valence-electron chi connectivity index (χ3n) is 2.89. The number of hydrogen-bond donors (Lipinski definition) is 2. The van der Waals surface area contributed by atoms with Crippen LogP contribution in [0.25, 0.3) is 0 Å². The first-order chi connectivity index (χ1) is 8.10. The normalized spacial score (nSPS) is 16.8. The molecule has 0 aliphatic carbocycles. The molecular formula is C13H23NOS2. The van der Waals surface area contributed by atoms with E-state index in [-0.39, 0.29) is 12.6 Å². The molecule has 0 bridgehead atoms. The third-order valence-corrected chi connectivity index (χ3v) is 5.85. The monoisotopic (exact) mass is 273 g/mol. The molecule has 1 heterocycles. The Balaban J connectivity index is 2.71. The van der Waals surface area contributed by atoms with Gasteiger partial charge >= 0.3 is 0 Å². The summed E-state index contributed by atoms with van der Waals surface area (Å²) in [6, 6.07) is 2.36. The summed E-state index contributed by atoms with van der Waals surface area (Å²) in [6.45, 7) is 6.61. The molecule has 0 saturated heterocycles. The molecule has 4 heteroatoms. The molecule has 0 aromatic carbocycles. The molecule has 3 atom stereocenters. The molecule has 0 amide bonds. The van der Waals surface area contributed by atoms with E-state index in [1.54, 1.807) is 11.3 Å². The number of thioether (sulfide) groups is 1. The average Bonchev–Trinajstić information content (AvgIpc) is 2.75. The zero-order valence-corrected chi connectivity index (χ0v) is 12.5. The lowest BCUT2D eigenvalue weighted by atomic mass is 10.1. The fourth-order valence-electron chi connectivity index (χ4n) is 1.60. The molecule has 17 heavy (non-hydrogen) atoms. The van der Waals surface area contributed by atoms with Gasteiger partial charge in [0.05, 0.1) is 5.25 Å². The van der Waals surface area contributed by atoms with Crippen molar-refractivity contribution in [2.24, 2.45) is 11.7 Å². The first-order valence-corrected chi connectivity index (χ1v) is 8.05. The maximum Gasteiger partial charge on any atom is 0.0544 e. The summed E-state index contributed by atoms with van der Waals surface area (Å²) in [5.41, 5.74) is 7.57. The minimum Gasteiger partial charge on any atom is -0.396 e. The lowest BCUT2D eigenvalue weighted by molar-refractivity contribution is 0.250. The van der Waals surface area contributed by atoms with Crippen molar-refractivity contribution in [1.29, 1.82) is 0 Å². The van der Waals surface area contributed by atoms with Gasteiger partial charge in [-0.3, -0.25) is 0 Å². The second kappa shape index (κ2) is 7.41. The topological polar surface area (TPSA) is 46.2 Å². The molecule has 3 N–H and O–H groups in total. The Kier molecular flexibility index (Phi) is 6.55. The predicted molar refractivity (Wildman–Crippen MR) is 78.8 cm³/mol. The molecule has 1 rings (SSSR count). The second-order valence-corrected chi connectivity index (χ2v) is 6.70. The van der Waals surface area contributed by atoms with Crippen LogP contribution in [0.4, 0.5) is 0 Å². The van der Waals surface area contributed by atoms with Crippen LogP contribution in [0.2, 0.25) is 0 Å². The van der Waals surface area contributed by atoms with Crippen molar-refractivity contribution in [1.82, 2.24) is 0 Å². The van der Waals surface area contributed by atoms with Crippen LogP contribution in [-0.4, -0.2) is 23.5 Å². The number of hydrogen-bond acceptors (Lipinski definition) is 4. The summed E-state index contributed by atoms with van der Waals surface area (Å²) in [5, 5.41) is 11.6. The Labute approximate surface area is 113 Å². The van der Waals surface area contributed by atoms with Crippen LogP contribution in [-0.2, 0) is 0 Å². The molecule has 0 aliphatic heterocycles. The fraction of sp³-hybridized carbons (Fsp3) is 0.692. The first kappa shape index (κ1) is 15.0. The Bertz CT molecular complexity index is 327. The van der Waals surface area contributed by atoms with E-state index in [1.807, 2.05) is 11.8 Å².